The second-order valence-electron chi connectivity index (χ2n) is 6.70. The van der Waals surface area contributed by atoms with Crippen molar-refractivity contribution in [3.63, 3.8) is 0 Å². The molecule has 4 rings (SSSR count). The van der Waals surface area contributed by atoms with Crippen LogP contribution >= 0.6 is 11.8 Å². The standard InChI is InChI=1S/C20H20N2O2S/c1-20(19(24)22-16-10-4-5-12-17(16)25-20)18(23)21-15-11-6-8-13-7-2-3-9-14(13)15/h2-5,7,9-10,12,15H,6,8,11H2,1H3,(H,21,23)(H,22,24). The third-order valence-electron chi connectivity index (χ3n) is 4.99. The molecule has 0 radical (unpaired) electrons. The summed E-state index contributed by atoms with van der Waals surface area (Å²) in [5.41, 5.74) is 3.23. The molecule has 2 atom stereocenters. The topological polar surface area (TPSA) is 58.2 Å². The van der Waals surface area contributed by atoms with Gasteiger partial charge in [-0.15, -0.1) is 0 Å². The number of anilines is 1. The summed E-state index contributed by atoms with van der Waals surface area (Å²) in [5, 5.41) is 5.99. The summed E-state index contributed by atoms with van der Waals surface area (Å²) < 4.78 is -1.17. The largest absolute Gasteiger partial charge is 0.348 e. The Balaban J connectivity index is 1.58. The summed E-state index contributed by atoms with van der Waals surface area (Å²) in [6.07, 6.45) is 2.99. The first-order valence-electron chi connectivity index (χ1n) is 8.56. The number of hydrogen-bond donors (Lipinski definition) is 2. The van der Waals surface area contributed by atoms with Gasteiger partial charge in [0.05, 0.1) is 11.7 Å². The molecule has 1 aliphatic carbocycles. The van der Waals surface area contributed by atoms with Gasteiger partial charge in [-0.05, 0) is 49.4 Å². The van der Waals surface area contributed by atoms with Crippen molar-refractivity contribution < 1.29 is 9.59 Å². The molecule has 2 aromatic carbocycles. The van der Waals surface area contributed by atoms with Gasteiger partial charge in [-0.1, -0.05) is 48.2 Å². The Morgan fingerprint density at radius 1 is 1.20 bits per heavy atom. The van der Waals surface area contributed by atoms with Gasteiger partial charge < -0.3 is 10.6 Å². The number of hydrogen-bond acceptors (Lipinski definition) is 3. The van der Waals surface area contributed by atoms with E-state index in [4.69, 9.17) is 0 Å². The Bertz CT molecular complexity index is 851. The molecule has 0 aromatic heterocycles. The number of carbonyl (C=O) groups is 2. The highest BCUT2D eigenvalue weighted by atomic mass is 32.2. The molecule has 2 aliphatic rings. The molecule has 0 spiro atoms. The van der Waals surface area contributed by atoms with Gasteiger partial charge >= 0.3 is 0 Å². The molecular formula is C20H20N2O2S. The smallest absolute Gasteiger partial charge is 0.250 e. The van der Waals surface area contributed by atoms with Crippen LogP contribution in [0.1, 0.15) is 36.9 Å². The highest BCUT2D eigenvalue weighted by Gasteiger charge is 2.46. The van der Waals surface area contributed by atoms with Gasteiger partial charge in [0.15, 0.2) is 4.75 Å². The van der Waals surface area contributed by atoms with Crippen LogP contribution in [0.4, 0.5) is 5.69 Å². The third kappa shape index (κ3) is 2.82. The van der Waals surface area contributed by atoms with Gasteiger partial charge in [0, 0.05) is 4.90 Å². The average Bonchev–Trinajstić information content (AvgIpc) is 2.63. The maximum Gasteiger partial charge on any atom is 0.250 e. The zero-order chi connectivity index (χ0) is 17.4. The number of thioether (sulfide) groups is 1. The van der Waals surface area contributed by atoms with Crippen LogP contribution in [0.3, 0.4) is 0 Å². The molecular weight excluding hydrogens is 332 g/mol. The maximum atomic E-state index is 13.0. The van der Waals surface area contributed by atoms with Crippen molar-refractivity contribution in [2.24, 2.45) is 0 Å². The second-order valence-corrected chi connectivity index (χ2v) is 8.16. The summed E-state index contributed by atoms with van der Waals surface area (Å²) in [7, 11) is 0. The zero-order valence-corrected chi connectivity index (χ0v) is 14.9. The monoisotopic (exact) mass is 352 g/mol. The predicted octanol–water partition coefficient (Wildman–Crippen LogP) is 3.68. The van der Waals surface area contributed by atoms with Crippen molar-refractivity contribution in [3.8, 4) is 0 Å². The lowest BCUT2D eigenvalue weighted by atomic mass is 9.87. The number of nitrogens with one attached hydrogen (secondary N) is 2. The first-order chi connectivity index (χ1) is 12.1. The van der Waals surface area contributed by atoms with E-state index in [-0.39, 0.29) is 17.9 Å². The first kappa shape index (κ1) is 16.2. The number of rotatable bonds is 2. The average molecular weight is 352 g/mol. The second kappa shape index (κ2) is 6.23. The van der Waals surface area contributed by atoms with Crippen LogP contribution < -0.4 is 10.6 Å². The molecule has 25 heavy (non-hydrogen) atoms. The van der Waals surface area contributed by atoms with Crippen LogP contribution in [0.5, 0.6) is 0 Å². The highest BCUT2D eigenvalue weighted by Crippen LogP contribution is 2.43. The predicted molar refractivity (Wildman–Crippen MR) is 99.6 cm³/mol. The zero-order valence-electron chi connectivity index (χ0n) is 14.0. The molecule has 1 aliphatic heterocycles. The lowest BCUT2D eigenvalue weighted by Crippen LogP contribution is -2.53. The highest BCUT2D eigenvalue weighted by molar-refractivity contribution is 8.02. The molecule has 2 N–H and O–H groups in total. The normalized spacial score (nSPS) is 24.7. The van der Waals surface area contributed by atoms with E-state index in [2.05, 4.69) is 22.8 Å². The number of aryl methyl sites for hydroxylation is 1. The van der Waals surface area contributed by atoms with Crippen molar-refractivity contribution in [3.05, 3.63) is 59.7 Å². The lowest BCUT2D eigenvalue weighted by Gasteiger charge is -2.34. The third-order valence-corrected chi connectivity index (χ3v) is 6.35. The molecule has 2 amide bonds. The molecule has 2 aromatic rings. The summed E-state index contributed by atoms with van der Waals surface area (Å²) in [4.78, 5) is 26.6. The van der Waals surface area contributed by atoms with E-state index in [9.17, 15) is 9.59 Å². The van der Waals surface area contributed by atoms with Crippen LogP contribution in [0, 0.1) is 0 Å². The molecule has 0 fully saturated rings. The van der Waals surface area contributed by atoms with Crippen molar-refractivity contribution in [2.45, 2.75) is 41.9 Å². The van der Waals surface area contributed by atoms with E-state index >= 15 is 0 Å². The van der Waals surface area contributed by atoms with E-state index in [1.165, 1.54) is 22.9 Å². The SMILES string of the molecule is CC1(C(=O)NC2CCCc3ccccc32)Sc2ccccc2NC1=O. The first-order valence-corrected chi connectivity index (χ1v) is 9.38. The molecule has 2 unspecified atom stereocenters. The number of benzene rings is 2. The maximum absolute atomic E-state index is 13.0. The van der Waals surface area contributed by atoms with E-state index in [1.807, 2.05) is 36.4 Å². The van der Waals surface area contributed by atoms with Crippen molar-refractivity contribution >= 4 is 29.3 Å². The minimum Gasteiger partial charge on any atom is -0.348 e. The number of fused-ring (bicyclic) bond motifs is 2. The number of amides is 2. The summed E-state index contributed by atoms with van der Waals surface area (Å²) in [6.45, 7) is 1.70. The fraction of sp³-hybridized carbons (Fsp3) is 0.300. The Kier molecular flexibility index (Phi) is 4.04. The molecule has 0 saturated carbocycles. The van der Waals surface area contributed by atoms with Gasteiger partial charge in [-0.2, -0.15) is 0 Å². The van der Waals surface area contributed by atoms with E-state index in [1.54, 1.807) is 6.92 Å². The van der Waals surface area contributed by atoms with Crippen LogP contribution in [0.15, 0.2) is 53.4 Å². The van der Waals surface area contributed by atoms with Crippen molar-refractivity contribution in [1.82, 2.24) is 5.32 Å². The van der Waals surface area contributed by atoms with Crippen molar-refractivity contribution in [1.29, 1.82) is 0 Å². The molecule has 5 heteroatoms. The fourth-order valence-electron chi connectivity index (χ4n) is 3.52. The summed E-state index contributed by atoms with van der Waals surface area (Å²) in [6, 6.07) is 15.8. The summed E-state index contributed by atoms with van der Waals surface area (Å²) in [5.74, 6) is -0.496. The van der Waals surface area contributed by atoms with Crippen LogP contribution in [-0.2, 0) is 16.0 Å². The van der Waals surface area contributed by atoms with Crippen LogP contribution in [0.25, 0.3) is 0 Å². The molecule has 128 valence electrons. The molecule has 0 bridgehead atoms. The van der Waals surface area contributed by atoms with Gasteiger partial charge in [0.1, 0.15) is 0 Å². The van der Waals surface area contributed by atoms with E-state index < -0.39 is 4.75 Å². The number of para-hydroxylation sites is 1. The Labute approximate surface area is 151 Å². The van der Waals surface area contributed by atoms with Crippen LogP contribution in [0.2, 0.25) is 0 Å². The summed E-state index contributed by atoms with van der Waals surface area (Å²) >= 11 is 1.32. The van der Waals surface area contributed by atoms with E-state index in [0.717, 1.165) is 29.8 Å². The van der Waals surface area contributed by atoms with Crippen molar-refractivity contribution in [2.75, 3.05) is 5.32 Å². The quantitative estimate of drug-likeness (QED) is 0.811. The Hall–Kier alpha value is -2.27. The molecule has 0 saturated heterocycles. The van der Waals surface area contributed by atoms with Gasteiger partial charge in [-0.3, -0.25) is 9.59 Å². The lowest BCUT2D eigenvalue weighted by molar-refractivity contribution is -0.130. The Morgan fingerprint density at radius 2 is 1.96 bits per heavy atom. The van der Waals surface area contributed by atoms with Crippen LogP contribution in [-0.4, -0.2) is 16.6 Å². The van der Waals surface area contributed by atoms with Gasteiger partial charge in [0.2, 0.25) is 11.8 Å². The van der Waals surface area contributed by atoms with Gasteiger partial charge in [-0.25, -0.2) is 0 Å². The van der Waals surface area contributed by atoms with E-state index in [0.29, 0.717) is 0 Å². The van der Waals surface area contributed by atoms with Gasteiger partial charge in [0.25, 0.3) is 0 Å². The minimum absolute atomic E-state index is 0.0279. The molecule has 1 heterocycles. The molecule has 4 nitrogen and oxygen atoms in total. The minimum atomic E-state index is -1.17. The number of carbonyl (C=O) groups excluding carboxylic acids is 2. The fourth-order valence-corrected chi connectivity index (χ4v) is 4.63. The Morgan fingerprint density at radius 3 is 2.84 bits per heavy atom.